The molecule has 0 aliphatic heterocycles. The minimum atomic E-state index is 0.00888. The van der Waals surface area contributed by atoms with Crippen molar-refractivity contribution in [1.29, 1.82) is 0 Å². The van der Waals surface area contributed by atoms with Gasteiger partial charge in [0.1, 0.15) is 0 Å². The van der Waals surface area contributed by atoms with Crippen molar-refractivity contribution in [3.63, 3.8) is 0 Å². The second kappa shape index (κ2) is 27.5. The van der Waals surface area contributed by atoms with Crippen LogP contribution >= 0.6 is 0 Å². The van der Waals surface area contributed by atoms with Gasteiger partial charge < -0.3 is 18.9 Å². The van der Waals surface area contributed by atoms with Crippen LogP contribution in [0.4, 0.5) is 0 Å². The molecule has 0 unspecified atom stereocenters. The number of allylic oxidation sites excluding steroid dienone is 1. The van der Waals surface area contributed by atoms with Gasteiger partial charge in [0.25, 0.3) is 0 Å². The minimum absolute atomic E-state index is 0.00888. The second-order valence-electron chi connectivity index (χ2n) is 8.64. The fourth-order valence-electron chi connectivity index (χ4n) is 3.58. The summed E-state index contributed by atoms with van der Waals surface area (Å²) in [6.07, 6.45) is 26.5. The Bertz CT molecular complexity index is 330. The molecule has 0 radical (unpaired) electrons. The van der Waals surface area contributed by atoms with Crippen LogP contribution in [0.3, 0.4) is 0 Å². The van der Waals surface area contributed by atoms with Crippen LogP contribution in [-0.4, -0.2) is 33.4 Å². The molecule has 0 saturated carbocycles. The summed E-state index contributed by atoms with van der Waals surface area (Å²) in [6, 6.07) is 0. The highest BCUT2D eigenvalue weighted by Crippen LogP contribution is 2.14. The third kappa shape index (κ3) is 25.6. The van der Waals surface area contributed by atoms with Crippen molar-refractivity contribution < 1.29 is 18.9 Å². The van der Waals surface area contributed by atoms with Gasteiger partial charge in [-0.15, -0.1) is 0 Å². The van der Waals surface area contributed by atoms with E-state index in [0.29, 0.717) is 6.79 Å². The molecule has 0 spiro atoms. The molecule has 186 valence electrons. The van der Waals surface area contributed by atoms with Gasteiger partial charge in [0.15, 0.2) is 13.1 Å². The smallest absolute Gasteiger partial charge is 0.187 e. The second-order valence-corrected chi connectivity index (χ2v) is 8.64. The lowest BCUT2D eigenvalue weighted by Gasteiger charge is -2.19. The number of unbranched alkanes of at least 4 members (excludes halogenated alkanes) is 14. The highest BCUT2D eigenvalue weighted by molar-refractivity contribution is 4.72. The number of rotatable bonds is 26. The average molecular weight is 443 g/mol. The number of hydrogen-bond acceptors (Lipinski definition) is 4. The first kappa shape index (κ1) is 30.4. The van der Waals surface area contributed by atoms with Crippen LogP contribution in [0.15, 0.2) is 12.3 Å². The lowest BCUT2D eigenvalue weighted by atomic mass is 10.1. The van der Waals surface area contributed by atoms with Gasteiger partial charge in [0.2, 0.25) is 0 Å². The summed E-state index contributed by atoms with van der Waals surface area (Å²) in [6.45, 7) is 6.56. The molecule has 4 nitrogen and oxygen atoms in total. The van der Waals surface area contributed by atoms with E-state index in [1.165, 1.54) is 103 Å². The van der Waals surface area contributed by atoms with Crippen LogP contribution in [0.2, 0.25) is 0 Å². The summed E-state index contributed by atoms with van der Waals surface area (Å²) in [5.74, 6) is 0. The summed E-state index contributed by atoms with van der Waals surface area (Å²) < 4.78 is 22.2. The van der Waals surface area contributed by atoms with Crippen LogP contribution < -0.4 is 0 Å². The first-order chi connectivity index (χ1) is 15.3. The third-order valence-electron chi connectivity index (χ3n) is 5.54. The highest BCUT2D eigenvalue weighted by Gasteiger charge is 2.09. The Morgan fingerprint density at radius 2 is 1.13 bits per heavy atom. The van der Waals surface area contributed by atoms with E-state index in [9.17, 15) is 0 Å². The van der Waals surface area contributed by atoms with Gasteiger partial charge in [-0.05, 0) is 44.6 Å². The highest BCUT2D eigenvalue weighted by atomic mass is 16.7. The third-order valence-corrected chi connectivity index (χ3v) is 5.54. The van der Waals surface area contributed by atoms with Crippen LogP contribution in [0.1, 0.15) is 129 Å². The standard InChI is InChI=1S/C27H54O4/c1-4-6-8-15-20-24-30-27(31-25-21-16-9-7-5-2)22-18-14-12-10-11-13-17-19-23-29-26-28-3/h19,23,27H,4-18,20-22,24-26H2,1-3H3. The summed E-state index contributed by atoms with van der Waals surface area (Å²) in [5, 5.41) is 0. The molecule has 0 aliphatic carbocycles. The molecule has 0 atom stereocenters. The molecule has 0 bridgehead atoms. The normalized spacial score (nSPS) is 11.7. The van der Waals surface area contributed by atoms with Gasteiger partial charge >= 0.3 is 0 Å². The number of methoxy groups -OCH3 is 1. The molecule has 0 N–H and O–H groups in total. The molecule has 0 fully saturated rings. The van der Waals surface area contributed by atoms with Crippen molar-refractivity contribution in [3.8, 4) is 0 Å². The Morgan fingerprint density at radius 3 is 1.71 bits per heavy atom. The lowest BCUT2D eigenvalue weighted by Crippen LogP contribution is -2.19. The van der Waals surface area contributed by atoms with Crippen LogP contribution in [0.5, 0.6) is 0 Å². The molecule has 0 aromatic carbocycles. The van der Waals surface area contributed by atoms with Crippen molar-refractivity contribution in [1.82, 2.24) is 0 Å². The molecule has 0 aromatic heterocycles. The van der Waals surface area contributed by atoms with Crippen molar-refractivity contribution in [3.05, 3.63) is 12.3 Å². The zero-order chi connectivity index (χ0) is 22.7. The van der Waals surface area contributed by atoms with Crippen LogP contribution in [-0.2, 0) is 18.9 Å². The Morgan fingerprint density at radius 1 is 0.613 bits per heavy atom. The zero-order valence-electron chi connectivity index (χ0n) is 21.2. The molecular formula is C27H54O4. The van der Waals surface area contributed by atoms with Gasteiger partial charge in [0, 0.05) is 20.3 Å². The van der Waals surface area contributed by atoms with E-state index < -0.39 is 0 Å². The van der Waals surface area contributed by atoms with E-state index in [1.807, 2.05) is 0 Å². The maximum absolute atomic E-state index is 6.10. The van der Waals surface area contributed by atoms with Gasteiger partial charge in [-0.25, -0.2) is 0 Å². The first-order valence-corrected chi connectivity index (χ1v) is 13.3. The molecule has 31 heavy (non-hydrogen) atoms. The van der Waals surface area contributed by atoms with E-state index >= 15 is 0 Å². The van der Waals surface area contributed by atoms with Gasteiger partial charge in [0.05, 0.1) is 6.26 Å². The Kier molecular flexibility index (Phi) is 26.9. The summed E-state index contributed by atoms with van der Waals surface area (Å²) in [7, 11) is 1.64. The number of hydrogen-bond donors (Lipinski definition) is 0. The summed E-state index contributed by atoms with van der Waals surface area (Å²) in [4.78, 5) is 0. The van der Waals surface area contributed by atoms with Gasteiger partial charge in [-0.2, -0.15) is 0 Å². The zero-order valence-corrected chi connectivity index (χ0v) is 21.2. The van der Waals surface area contributed by atoms with Crippen molar-refractivity contribution in [2.75, 3.05) is 27.1 Å². The minimum Gasteiger partial charge on any atom is -0.476 e. The molecule has 4 heteroatoms. The predicted molar refractivity (Wildman–Crippen MR) is 132 cm³/mol. The topological polar surface area (TPSA) is 36.9 Å². The SMILES string of the molecule is CCCCCCCOC(CCCCCCCCC=COCOC)OCCCCCCC. The monoisotopic (exact) mass is 442 g/mol. The van der Waals surface area contributed by atoms with Crippen LogP contribution in [0, 0.1) is 0 Å². The van der Waals surface area contributed by atoms with E-state index in [1.54, 1.807) is 13.4 Å². The maximum atomic E-state index is 6.10. The predicted octanol–water partition coefficient (Wildman–Crippen LogP) is 8.54. The Balaban J connectivity index is 3.76. The average Bonchev–Trinajstić information content (AvgIpc) is 2.78. The molecule has 0 aromatic rings. The van der Waals surface area contributed by atoms with E-state index in [2.05, 4.69) is 19.9 Å². The first-order valence-electron chi connectivity index (χ1n) is 13.3. The molecular weight excluding hydrogens is 388 g/mol. The molecule has 0 rings (SSSR count). The van der Waals surface area contributed by atoms with Gasteiger partial charge in [-0.3, -0.25) is 0 Å². The van der Waals surface area contributed by atoms with Crippen molar-refractivity contribution in [2.24, 2.45) is 0 Å². The van der Waals surface area contributed by atoms with E-state index in [0.717, 1.165) is 26.1 Å². The lowest BCUT2D eigenvalue weighted by molar-refractivity contribution is -0.148. The fourth-order valence-corrected chi connectivity index (χ4v) is 3.58. The molecule has 0 aliphatic rings. The van der Waals surface area contributed by atoms with Gasteiger partial charge in [-0.1, -0.05) is 90.9 Å². The molecule has 0 amide bonds. The van der Waals surface area contributed by atoms with E-state index in [-0.39, 0.29) is 6.29 Å². The van der Waals surface area contributed by atoms with Crippen LogP contribution in [0.25, 0.3) is 0 Å². The van der Waals surface area contributed by atoms with Crippen molar-refractivity contribution >= 4 is 0 Å². The van der Waals surface area contributed by atoms with E-state index in [4.69, 9.17) is 18.9 Å². The Labute approximate surface area is 194 Å². The number of ether oxygens (including phenoxy) is 4. The fraction of sp³-hybridized carbons (Fsp3) is 0.926. The summed E-state index contributed by atoms with van der Waals surface area (Å²) in [5.41, 5.74) is 0. The quantitative estimate of drug-likeness (QED) is 0.0764. The molecule has 0 saturated heterocycles. The van der Waals surface area contributed by atoms with Crippen molar-refractivity contribution in [2.45, 2.75) is 136 Å². The molecule has 0 heterocycles. The Hall–Kier alpha value is -0.580. The summed E-state index contributed by atoms with van der Waals surface area (Å²) >= 11 is 0. The largest absolute Gasteiger partial charge is 0.476 e. The maximum Gasteiger partial charge on any atom is 0.187 e.